The summed E-state index contributed by atoms with van der Waals surface area (Å²) in [5.41, 5.74) is 0. The second-order valence-electron chi connectivity index (χ2n) is 3.68. The minimum absolute atomic E-state index is 0.389. The first kappa shape index (κ1) is 15.7. The number of hydrogen-bond donors (Lipinski definition) is 3. The Hall–Kier alpha value is -1.35. The molecule has 17 heavy (non-hydrogen) atoms. The van der Waals surface area contributed by atoms with Crippen molar-refractivity contribution in [1.82, 2.24) is 9.44 Å². The van der Waals surface area contributed by atoms with E-state index in [0.29, 0.717) is 0 Å². The van der Waals surface area contributed by atoms with E-state index in [2.05, 4.69) is 4.74 Å². The van der Waals surface area contributed by atoms with Crippen molar-refractivity contribution in [3.8, 4) is 0 Å². The number of carbonyl (C=O) groups is 2. The van der Waals surface area contributed by atoms with Gasteiger partial charge in [0.25, 0.3) is 0 Å². The van der Waals surface area contributed by atoms with Crippen LogP contribution in [0.2, 0.25) is 0 Å². The molecule has 100 valence electrons. The van der Waals surface area contributed by atoms with Gasteiger partial charge in [-0.1, -0.05) is 0 Å². The number of nitrogens with one attached hydrogen (secondary N) is 2. The quantitative estimate of drug-likeness (QED) is 0.614. The van der Waals surface area contributed by atoms with Gasteiger partial charge in [0.05, 0.1) is 12.5 Å². The largest absolute Gasteiger partial charge is 0.481 e. The number of carboxylic acid groups (broad SMARTS) is 1. The average Bonchev–Trinajstić information content (AvgIpc) is 1.95. The highest BCUT2D eigenvalue weighted by molar-refractivity contribution is 7.88. The molecule has 0 fully saturated rings. The molecule has 0 aliphatic carbocycles. The zero-order valence-corrected chi connectivity index (χ0v) is 10.6. The molecule has 0 heterocycles. The summed E-state index contributed by atoms with van der Waals surface area (Å²) in [6, 6.07) is -0.836. The van der Waals surface area contributed by atoms with Crippen molar-refractivity contribution < 1.29 is 27.9 Å². The molecule has 1 amide bonds. The predicted octanol–water partition coefficient (Wildman–Crippen LogP) is -0.181. The molecule has 0 bridgehead atoms. The number of ether oxygens (including phenoxy) is 1. The van der Waals surface area contributed by atoms with Crippen molar-refractivity contribution in [2.45, 2.75) is 39.3 Å². The van der Waals surface area contributed by atoms with Crippen LogP contribution < -0.4 is 9.44 Å². The van der Waals surface area contributed by atoms with Gasteiger partial charge in [0.2, 0.25) is 0 Å². The van der Waals surface area contributed by atoms with Gasteiger partial charge >= 0.3 is 22.3 Å². The molecule has 0 saturated carbocycles. The summed E-state index contributed by atoms with van der Waals surface area (Å²) in [7, 11) is -4.11. The molecule has 0 aromatic rings. The molecule has 0 saturated heterocycles. The molecule has 0 aliphatic heterocycles. The average molecular weight is 268 g/mol. The van der Waals surface area contributed by atoms with E-state index in [0.717, 1.165) is 0 Å². The Morgan fingerprint density at radius 3 is 2.24 bits per heavy atom. The number of aliphatic carboxylic acids is 1. The van der Waals surface area contributed by atoms with Gasteiger partial charge in [-0.15, -0.1) is 0 Å². The van der Waals surface area contributed by atoms with E-state index in [1.165, 1.54) is 6.92 Å². The number of hydrogen-bond acceptors (Lipinski definition) is 5. The molecule has 0 rings (SSSR count). The number of amides is 1. The van der Waals surface area contributed by atoms with Gasteiger partial charge in [-0.05, 0) is 20.8 Å². The maximum Gasteiger partial charge on any atom is 0.422 e. The van der Waals surface area contributed by atoms with E-state index in [1.807, 2.05) is 4.72 Å². The Labute approximate surface area is 99.5 Å². The monoisotopic (exact) mass is 268 g/mol. The fraction of sp³-hybridized carbons (Fsp3) is 0.750. The van der Waals surface area contributed by atoms with Gasteiger partial charge in [0.15, 0.2) is 0 Å². The summed E-state index contributed by atoms with van der Waals surface area (Å²) >= 11 is 0. The SMILES string of the molecule is CC(CC(=O)O)NS(=O)(=O)NC(=O)OC(C)C. The summed E-state index contributed by atoms with van der Waals surface area (Å²) in [6.45, 7) is 4.49. The Kier molecular flexibility index (Phi) is 5.89. The Morgan fingerprint density at radius 2 is 1.82 bits per heavy atom. The van der Waals surface area contributed by atoms with Crippen LogP contribution in [0.3, 0.4) is 0 Å². The van der Waals surface area contributed by atoms with E-state index in [1.54, 1.807) is 18.6 Å². The normalized spacial score (nSPS) is 13.2. The summed E-state index contributed by atoms with van der Waals surface area (Å²) in [5, 5.41) is 8.43. The lowest BCUT2D eigenvalue weighted by Gasteiger charge is -2.13. The number of carbonyl (C=O) groups excluding carboxylic acids is 1. The molecule has 1 atom stereocenters. The molecule has 0 spiro atoms. The minimum Gasteiger partial charge on any atom is -0.481 e. The summed E-state index contributed by atoms with van der Waals surface area (Å²) < 4.78 is 30.7. The van der Waals surface area contributed by atoms with Crippen LogP contribution in [0.1, 0.15) is 27.2 Å². The van der Waals surface area contributed by atoms with Crippen LogP contribution in [0.15, 0.2) is 0 Å². The van der Waals surface area contributed by atoms with Gasteiger partial charge in [0, 0.05) is 6.04 Å². The number of rotatable bonds is 6. The van der Waals surface area contributed by atoms with Crippen molar-refractivity contribution in [3.05, 3.63) is 0 Å². The van der Waals surface area contributed by atoms with Crippen molar-refractivity contribution in [2.75, 3.05) is 0 Å². The van der Waals surface area contributed by atoms with Crippen LogP contribution in [-0.2, 0) is 19.7 Å². The van der Waals surface area contributed by atoms with Gasteiger partial charge in [-0.25, -0.2) is 9.52 Å². The fourth-order valence-electron chi connectivity index (χ4n) is 0.946. The second kappa shape index (κ2) is 6.40. The van der Waals surface area contributed by atoms with Crippen molar-refractivity contribution in [3.63, 3.8) is 0 Å². The fourth-order valence-corrected chi connectivity index (χ4v) is 1.89. The maximum absolute atomic E-state index is 11.3. The number of carboxylic acids is 1. The van der Waals surface area contributed by atoms with E-state index in [9.17, 15) is 18.0 Å². The van der Waals surface area contributed by atoms with Crippen LogP contribution >= 0.6 is 0 Å². The molecule has 0 aromatic carbocycles. The molecule has 0 aliphatic rings. The summed E-state index contributed by atoms with van der Waals surface area (Å²) in [5.74, 6) is -1.15. The third-order valence-corrected chi connectivity index (χ3v) is 2.55. The highest BCUT2D eigenvalue weighted by Gasteiger charge is 2.20. The first-order valence-electron chi connectivity index (χ1n) is 4.85. The molecular weight excluding hydrogens is 252 g/mol. The zero-order chi connectivity index (χ0) is 13.6. The molecular formula is C8H16N2O6S. The Morgan fingerprint density at radius 1 is 1.29 bits per heavy atom. The standard InChI is InChI=1S/C8H16N2O6S/c1-5(2)16-8(13)10-17(14,15)9-6(3)4-7(11)12/h5-6,9H,4H2,1-3H3,(H,10,13)(H,11,12). The lowest BCUT2D eigenvalue weighted by atomic mass is 10.3. The first-order valence-corrected chi connectivity index (χ1v) is 6.33. The highest BCUT2D eigenvalue weighted by Crippen LogP contribution is 1.94. The molecule has 0 radical (unpaired) electrons. The van der Waals surface area contributed by atoms with E-state index >= 15 is 0 Å². The van der Waals surface area contributed by atoms with Crippen molar-refractivity contribution in [2.24, 2.45) is 0 Å². The third-order valence-electron chi connectivity index (χ3n) is 1.40. The van der Waals surface area contributed by atoms with E-state index < -0.39 is 34.4 Å². The van der Waals surface area contributed by atoms with Crippen LogP contribution in [0, 0.1) is 0 Å². The third kappa shape index (κ3) is 8.46. The van der Waals surface area contributed by atoms with Crippen molar-refractivity contribution >= 4 is 22.3 Å². The lowest BCUT2D eigenvalue weighted by Crippen LogP contribution is -2.45. The van der Waals surface area contributed by atoms with Crippen molar-refractivity contribution in [1.29, 1.82) is 0 Å². The molecule has 3 N–H and O–H groups in total. The van der Waals surface area contributed by atoms with Crippen LogP contribution in [-0.4, -0.2) is 37.7 Å². The topological polar surface area (TPSA) is 122 Å². The van der Waals surface area contributed by atoms with Crippen LogP contribution in [0.5, 0.6) is 0 Å². The van der Waals surface area contributed by atoms with Gasteiger partial charge in [-0.3, -0.25) is 4.79 Å². The highest BCUT2D eigenvalue weighted by atomic mass is 32.2. The maximum atomic E-state index is 11.3. The molecule has 9 heteroatoms. The minimum atomic E-state index is -4.11. The summed E-state index contributed by atoms with van der Waals surface area (Å²) in [6.07, 6.45) is -1.96. The molecule has 8 nitrogen and oxygen atoms in total. The van der Waals surface area contributed by atoms with Crippen LogP contribution in [0.4, 0.5) is 4.79 Å². The molecule has 0 aromatic heterocycles. The smallest absolute Gasteiger partial charge is 0.422 e. The van der Waals surface area contributed by atoms with Gasteiger partial charge < -0.3 is 9.84 Å². The van der Waals surface area contributed by atoms with Gasteiger partial charge in [-0.2, -0.15) is 13.1 Å². The first-order chi connectivity index (χ1) is 7.62. The Balaban J connectivity index is 4.30. The lowest BCUT2D eigenvalue weighted by molar-refractivity contribution is -0.137. The van der Waals surface area contributed by atoms with Gasteiger partial charge in [0.1, 0.15) is 0 Å². The van der Waals surface area contributed by atoms with E-state index in [-0.39, 0.29) is 6.42 Å². The van der Waals surface area contributed by atoms with E-state index in [4.69, 9.17) is 5.11 Å². The zero-order valence-electron chi connectivity index (χ0n) is 9.76. The van der Waals surface area contributed by atoms with Crippen LogP contribution in [0.25, 0.3) is 0 Å². The second-order valence-corrected chi connectivity index (χ2v) is 5.12. The Bertz CT molecular complexity index is 377. The summed E-state index contributed by atoms with van der Waals surface area (Å²) in [4.78, 5) is 21.3. The predicted molar refractivity (Wildman–Crippen MR) is 58.5 cm³/mol. The molecule has 1 unspecified atom stereocenters.